The topological polar surface area (TPSA) is 102 Å². The Morgan fingerprint density at radius 3 is 2.52 bits per heavy atom. The number of carbonyl (C=O) groups is 1. The lowest BCUT2D eigenvalue weighted by Gasteiger charge is -2.15. The maximum Gasteiger partial charge on any atom is 0.252 e. The summed E-state index contributed by atoms with van der Waals surface area (Å²) in [6, 6.07) is 9.44. The van der Waals surface area contributed by atoms with Crippen LogP contribution in [0.4, 0.5) is 0 Å². The van der Waals surface area contributed by atoms with E-state index in [4.69, 9.17) is 8.83 Å². The predicted octanol–water partition coefficient (Wildman–Crippen LogP) is 3.77. The van der Waals surface area contributed by atoms with E-state index in [0.717, 1.165) is 17.1 Å². The van der Waals surface area contributed by atoms with E-state index in [9.17, 15) is 13.2 Å². The van der Waals surface area contributed by atoms with Crippen molar-refractivity contribution in [3.05, 3.63) is 76.6 Å². The number of carbonyl (C=O) groups excluding carboxylic acids is 1. The quantitative estimate of drug-likeness (QED) is 0.610. The van der Waals surface area contributed by atoms with Crippen molar-refractivity contribution < 1.29 is 22.0 Å². The van der Waals surface area contributed by atoms with Crippen molar-refractivity contribution in [2.24, 2.45) is 0 Å². The molecule has 2 aromatic heterocycles. The lowest BCUT2D eigenvalue weighted by Crippen LogP contribution is -2.28. The molecule has 0 spiro atoms. The van der Waals surface area contributed by atoms with E-state index in [1.165, 1.54) is 18.4 Å². The average molecular weight is 416 g/mol. The van der Waals surface area contributed by atoms with Gasteiger partial charge in [-0.05, 0) is 63.6 Å². The normalized spacial score (nSPS) is 12.7. The summed E-state index contributed by atoms with van der Waals surface area (Å²) >= 11 is 0. The first-order valence-corrected chi connectivity index (χ1v) is 10.7. The van der Waals surface area contributed by atoms with Crippen LogP contribution in [0.3, 0.4) is 0 Å². The Hall–Kier alpha value is -2.84. The van der Waals surface area contributed by atoms with Crippen molar-refractivity contribution in [2.45, 2.75) is 45.2 Å². The first-order valence-electron chi connectivity index (χ1n) is 9.18. The molecule has 1 unspecified atom stereocenters. The van der Waals surface area contributed by atoms with Gasteiger partial charge in [0, 0.05) is 11.1 Å². The molecule has 1 amide bonds. The second-order valence-electron chi connectivity index (χ2n) is 6.94. The summed E-state index contributed by atoms with van der Waals surface area (Å²) in [6.07, 6.45) is 1.47. The van der Waals surface area contributed by atoms with Crippen LogP contribution in [-0.4, -0.2) is 14.3 Å². The molecular weight excluding hydrogens is 392 g/mol. The number of sulfonamides is 1. The van der Waals surface area contributed by atoms with Crippen molar-refractivity contribution in [3.8, 4) is 0 Å². The van der Waals surface area contributed by atoms with E-state index in [0.29, 0.717) is 16.9 Å². The molecule has 1 atom stereocenters. The lowest BCUT2D eigenvalue weighted by molar-refractivity contribution is 0.0939. The molecule has 2 heterocycles. The Bertz CT molecular complexity index is 1110. The highest BCUT2D eigenvalue weighted by Gasteiger charge is 2.21. The molecule has 29 heavy (non-hydrogen) atoms. The van der Waals surface area contributed by atoms with E-state index in [1.807, 2.05) is 26.8 Å². The monoisotopic (exact) mass is 416 g/mol. The molecule has 0 aliphatic carbocycles. The number of furan rings is 2. The van der Waals surface area contributed by atoms with Crippen LogP contribution in [0.2, 0.25) is 0 Å². The van der Waals surface area contributed by atoms with Crippen LogP contribution in [0.25, 0.3) is 0 Å². The largest absolute Gasteiger partial charge is 0.468 e. The SMILES string of the molecule is Cc1cc(C(C)NC(=O)c2cc(S(=O)(=O)NCc3ccco3)ccc2C)c(C)o1. The molecule has 0 fully saturated rings. The minimum atomic E-state index is -3.80. The molecule has 0 saturated carbocycles. The third-order valence-corrected chi connectivity index (χ3v) is 6.07. The van der Waals surface area contributed by atoms with Gasteiger partial charge in [-0.2, -0.15) is 0 Å². The number of nitrogens with one attached hydrogen (secondary N) is 2. The van der Waals surface area contributed by atoms with E-state index in [1.54, 1.807) is 25.1 Å². The molecule has 7 nitrogen and oxygen atoms in total. The highest BCUT2D eigenvalue weighted by molar-refractivity contribution is 7.89. The molecule has 0 saturated heterocycles. The number of hydrogen-bond donors (Lipinski definition) is 2. The molecule has 0 aliphatic rings. The number of benzene rings is 1. The standard InChI is InChI=1S/C21H24N2O5S/c1-13-7-8-18(29(25,26)22-12-17-6-5-9-27-17)11-19(13)21(24)23-15(3)20-10-14(2)28-16(20)4/h5-11,15,22H,12H2,1-4H3,(H,23,24). The predicted molar refractivity (Wildman–Crippen MR) is 108 cm³/mol. The molecule has 0 bridgehead atoms. The summed E-state index contributed by atoms with van der Waals surface area (Å²) in [4.78, 5) is 12.8. The molecule has 0 aliphatic heterocycles. The third kappa shape index (κ3) is 4.78. The van der Waals surface area contributed by atoms with E-state index in [-0.39, 0.29) is 23.4 Å². The minimum Gasteiger partial charge on any atom is -0.468 e. The number of hydrogen-bond acceptors (Lipinski definition) is 5. The van der Waals surface area contributed by atoms with Gasteiger partial charge in [0.05, 0.1) is 23.7 Å². The summed E-state index contributed by atoms with van der Waals surface area (Å²) < 4.78 is 38.4. The Morgan fingerprint density at radius 1 is 1.14 bits per heavy atom. The van der Waals surface area contributed by atoms with Crippen LogP contribution in [0.5, 0.6) is 0 Å². The van der Waals surface area contributed by atoms with Crippen LogP contribution in [0, 0.1) is 20.8 Å². The molecule has 3 rings (SSSR count). The molecule has 0 radical (unpaired) electrons. The van der Waals surface area contributed by atoms with Gasteiger partial charge in [0.2, 0.25) is 10.0 Å². The van der Waals surface area contributed by atoms with E-state index < -0.39 is 10.0 Å². The summed E-state index contributed by atoms with van der Waals surface area (Å²) in [6.45, 7) is 7.34. The fourth-order valence-electron chi connectivity index (χ4n) is 3.11. The van der Waals surface area contributed by atoms with Gasteiger partial charge in [0.15, 0.2) is 0 Å². The van der Waals surface area contributed by atoms with Crippen molar-refractivity contribution in [1.82, 2.24) is 10.0 Å². The summed E-state index contributed by atoms with van der Waals surface area (Å²) in [5, 5.41) is 2.91. The van der Waals surface area contributed by atoms with Crippen molar-refractivity contribution in [1.29, 1.82) is 0 Å². The smallest absolute Gasteiger partial charge is 0.252 e. The number of amides is 1. The van der Waals surface area contributed by atoms with Gasteiger partial charge in [0.25, 0.3) is 5.91 Å². The molecule has 8 heteroatoms. The summed E-state index contributed by atoms with van der Waals surface area (Å²) in [5.41, 5.74) is 1.87. The minimum absolute atomic E-state index is 0.0165. The Labute approximate surface area is 170 Å². The van der Waals surface area contributed by atoms with Crippen LogP contribution in [0.1, 0.15) is 51.7 Å². The fourth-order valence-corrected chi connectivity index (χ4v) is 4.13. The average Bonchev–Trinajstić information content (AvgIpc) is 3.29. The van der Waals surface area contributed by atoms with Crippen molar-refractivity contribution in [3.63, 3.8) is 0 Å². The van der Waals surface area contributed by atoms with Gasteiger partial charge in [-0.25, -0.2) is 13.1 Å². The van der Waals surface area contributed by atoms with Gasteiger partial charge in [-0.1, -0.05) is 6.07 Å². The van der Waals surface area contributed by atoms with Gasteiger partial charge in [-0.3, -0.25) is 4.79 Å². The lowest BCUT2D eigenvalue weighted by atomic mass is 10.1. The number of aryl methyl sites for hydroxylation is 3. The zero-order valence-electron chi connectivity index (χ0n) is 16.8. The molecular formula is C21H24N2O5S. The zero-order valence-corrected chi connectivity index (χ0v) is 17.6. The van der Waals surface area contributed by atoms with Gasteiger partial charge >= 0.3 is 0 Å². The summed E-state index contributed by atoms with van der Waals surface area (Å²) in [7, 11) is -3.80. The van der Waals surface area contributed by atoms with Gasteiger partial charge in [0.1, 0.15) is 17.3 Å². The molecule has 2 N–H and O–H groups in total. The van der Waals surface area contributed by atoms with Gasteiger partial charge < -0.3 is 14.2 Å². The highest BCUT2D eigenvalue weighted by atomic mass is 32.2. The van der Waals surface area contributed by atoms with E-state index >= 15 is 0 Å². The fraction of sp³-hybridized carbons (Fsp3) is 0.286. The van der Waals surface area contributed by atoms with E-state index in [2.05, 4.69) is 10.0 Å². The summed E-state index contributed by atoms with van der Waals surface area (Å²) in [5.74, 6) is 1.66. The van der Waals surface area contributed by atoms with Crippen LogP contribution < -0.4 is 10.0 Å². The maximum absolute atomic E-state index is 12.8. The second kappa shape index (κ2) is 8.26. The molecule has 1 aromatic carbocycles. The first kappa shape index (κ1) is 20.9. The molecule has 3 aromatic rings. The van der Waals surface area contributed by atoms with Gasteiger partial charge in [-0.15, -0.1) is 0 Å². The van der Waals surface area contributed by atoms with Crippen molar-refractivity contribution >= 4 is 15.9 Å². The molecule has 154 valence electrons. The highest BCUT2D eigenvalue weighted by Crippen LogP contribution is 2.22. The Balaban J connectivity index is 1.79. The first-order chi connectivity index (χ1) is 13.7. The third-order valence-electron chi connectivity index (χ3n) is 4.67. The van der Waals surface area contributed by atoms with Crippen LogP contribution in [0.15, 0.2) is 56.4 Å². The van der Waals surface area contributed by atoms with Crippen LogP contribution >= 0.6 is 0 Å². The second-order valence-corrected chi connectivity index (χ2v) is 8.71. The van der Waals surface area contributed by atoms with Crippen LogP contribution in [-0.2, 0) is 16.6 Å². The maximum atomic E-state index is 12.8. The Morgan fingerprint density at radius 2 is 1.90 bits per heavy atom. The zero-order chi connectivity index (χ0) is 21.2. The van der Waals surface area contributed by atoms with Crippen molar-refractivity contribution in [2.75, 3.05) is 0 Å². The Kier molecular flexibility index (Phi) is 5.95. The number of rotatable bonds is 7.